The maximum atomic E-state index is 9.00. The second-order valence-electron chi connectivity index (χ2n) is 2.45. The second kappa shape index (κ2) is 4.49. The van der Waals surface area contributed by atoms with Gasteiger partial charge >= 0.3 is 0 Å². The minimum absolute atomic E-state index is 0.224. The molecular weight excluding hydrogens is 158 g/mol. The van der Waals surface area contributed by atoms with Crippen molar-refractivity contribution < 1.29 is 5.11 Å². The lowest BCUT2D eigenvalue weighted by Crippen LogP contribution is -2.19. The van der Waals surface area contributed by atoms with Crippen molar-refractivity contribution >= 4 is 11.3 Å². The van der Waals surface area contributed by atoms with Crippen molar-refractivity contribution in [2.24, 2.45) is 0 Å². The van der Waals surface area contributed by atoms with E-state index in [0.29, 0.717) is 0 Å². The lowest BCUT2D eigenvalue weighted by molar-refractivity contribution is 0.265. The molecule has 3 heteroatoms. The van der Waals surface area contributed by atoms with E-state index in [1.165, 1.54) is 4.88 Å². The average molecular weight is 171 g/mol. The Morgan fingerprint density at radius 3 is 3.00 bits per heavy atom. The van der Waals surface area contributed by atoms with Crippen LogP contribution in [0, 0.1) is 0 Å². The van der Waals surface area contributed by atoms with Crippen LogP contribution in [0.4, 0.5) is 0 Å². The molecular formula is C8H13NOS. The van der Waals surface area contributed by atoms with Crippen LogP contribution >= 0.6 is 11.3 Å². The first-order chi connectivity index (χ1) is 5.38. The summed E-state index contributed by atoms with van der Waals surface area (Å²) in [6.45, 7) is 1.07. The number of nitrogens with one attached hydrogen (secondary N) is 1. The van der Waals surface area contributed by atoms with Crippen LogP contribution in [0.2, 0.25) is 0 Å². The quantitative estimate of drug-likeness (QED) is 0.709. The summed E-state index contributed by atoms with van der Waals surface area (Å²) in [5.41, 5.74) is 0. The number of thiophene rings is 1. The van der Waals surface area contributed by atoms with E-state index in [0.717, 1.165) is 6.54 Å². The minimum Gasteiger partial charge on any atom is -0.396 e. The molecule has 0 amide bonds. The summed E-state index contributed by atoms with van der Waals surface area (Å²) in [5, 5.41) is 14.1. The zero-order valence-corrected chi connectivity index (χ0v) is 7.40. The van der Waals surface area contributed by atoms with Gasteiger partial charge in [-0.25, -0.2) is 0 Å². The van der Waals surface area contributed by atoms with E-state index in [1.807, 2.05) is 18.5 Å². The molecule has 0 fully saturated rings. The predicted molar refractivity (Wildman–Crippen MR) is 48.1 cm³/mol. The monoisotopic (exact) mass is 171 g/mol. The van der Waals surface area contributed by atoms with Crippen molar-refractivity contribution in [2.75, 3.05) is 20.2 Å². The third-order valence-corrected chi connectivity index (χ3v) is 2.65. The summed E-state index contributed by atoms with van der Waals surface area (Å²) in [7, 11) is 1.90. The van der Waals surface area contributed by atoms with Crippen LogP contribution in [0.3, 0.4) is 0 Å². The van der Waals surface area contributed by atoms with Crippen molar-refractivity contribution in [3.8, 4) is 0 Å². The lowest BCUT2D eigenvalue weighted by Gasteiger charge is -2.10. The molecule has 11 heavy (non-hydrogen) atoms. The highest BCUT2D eigenvalue weighted by atomic mass is 32.1. The highest BCUT2D eigenvalue weighted by Gasteiger charge is 2.08. The van der Waals surface area contributed by atoms with Gasteiger partial charge in [0.2, 0.25) is 0 Å². The van der Waals surface area contributed by atoms with Crippen molar-refractivity contribution in [2.45, 2.75) is 5.92 Å². The molecule has 0 aromatic carbocycles. The summed E-state index contributed by atoms with van der Waals surface area (Å²) >= 11 is 1.70. The Balaban J connectivity index is 2.56. The van der Waals surface area contributed by atoms with Crippen LogP contribution < -0.4 is 5.32 Å². The molecule has 1 rings (SSSR count). The molecule has 0 saturated heterocycles. The molecule has 1 aromatic heterocycles. The van der Waals surface area contributed by atoms with E-state index in [-0.39, 0.29) is 12.5 Å². The minimum atomic E-state index is 0.224. The molecule has 1 aromatic rings. The third kappa shape index (κ3) is 2.29. The van der Waals surface area contributed by atoms with Gasteiger partial charge in [-0.3, -0.25) is 0 Å². The summed E-state index contributed by atoms with van der Waals surface area (Å²) in [6, 6.07) is 4.07. The Morgan fingerprint density at radius 2 is 2.55 bits per heavy atom. The number of hydrogen-bond donors (Lipinski definition) is 2. The van der Waals surface area contributed by atoms with Gasteiger partial charge in [-0.05, 0) is 18.5 Å². The van der Waals surface area contributed by atoms with Crippen LogP contribution in [-0.4, -0.2) is 25.3 Å². The van der Waals surface area contributed by atoms with Gasteiger partial charge in [0.05, 0.1) is 6.61 Å². The van der Waals surface area contributed by atoms with E-state index in [2.05, 4.69) is 11.4 Å². The maximum absolute atomic E-state index is 9.00. The van der Waals surface area contributed by atoms with E-state index < -0.39 is 0 Å². The molecule has 1 atom stereocenters. The Morgan fingerprint density at radius 1 is 1.73 bits per heavy atom. The van der Waals surface area contributed by atoms with E-state index in [9.17, 15) is 0 Å². The van der Waals surface area contributed by atoms with Crippen molar-refractivity contribution in [3.05, 3.63) is 22.4 Å². The van der Waals surface area contributed by atoms with Crippen molar-refractivity contribution in [1.29, 1.82) is 0 Å². The van der Waals surface area contributed by atoms with E-state index in [4.69, 9.17) is 5.11 Å². The zero-order chi connectivity index (χ0) is 8.10. The average Bonchev–Trinajstić information content (AvgIpc) is 2.52. The molecule has 0 aliphatic heterocycles. The number of aliphatic hydroxyl groups excluding tert-OH is 1. The van der Waals surface area contributed by atoms with Gasteiger partial charge in [-0.2, -0.15) is 0 Å². The van der Waals surface area contributed by atoms with E-state index >= 15 is 0 Å². The molecule has 0 spiro atoms. The predicted octanol–water partition coefficient (Wildman–Crippen LogP) is 1.04. The van der Waals surface area contributed by atoms with Crippen LogP contribution in [0.1, 0.15) is 10.8 Å². The summed E-state index contributed by atoms with van der Waals surface area (Å²) < 4.78 is 0. The summed E-state index contributed by atoms with van der Waals surface area (Å²) in [4.78, 5) is 1.25. The molecule has 0 radical (unpaired) electrons. The van der Waals surface area contributed by atoms with Gasteiger partial charge in [0.15, 0.2) is 0 Å². The molecule has 2 nitrogen and oxygen atoms in total. The SMILES string of the molecule is CNCC(CO)c1cccs1. The van der Waals surface area contributed by atoms with Gasteiger partial charge in [0, 0.05) is 17.3 Å². The first-order valence-corrected chi connectivity index (χ1v) is 4.55. The summed E-state index contributed by atoms with van der Waals surface area (Å²) in [5.74, 6) is 0.264. The molecule has 1 heterocycles. The highest BCUT2D eigenvalue weighted by molar-refractivity contribution is 7.10. The normalized spacial score (nSPS) is 13.3. The van der Waals surface area contributed by atoms with Crippen molar-refractivity contribution in [1.82, 2.24) is 5.32 Å². The van der Waals surface area contributed by atoms with E-state index in [1.54, 1.807) is 11.3 Å². The standard InChI is InChI=1S/C8H13NOS/c1-9-5-7(6-10)8-3-2-4-11-8/h2-4,7,9-10H,5-6H2,1H3. The van der Waals surface area contributed by atoms with Crippen molar-refractivity contribution in [3.63, 3.8) is 0 Å². The Bertz CT molecular complexity index is 186. The smallest absolute Gasteiger partial charge is 0.0519 e. The Labute approximate surface area is 70.9 Å². The Kier molecular flexibility index (Phi) is 3.56. The highest BCUT2D eigenvalue weighted by Crippen LogP contribution is 2.19. The molecule has 62 valence electrons. The van der Waals surface area contributed by atoms with Crippen LogP contribution in [0.5, 0.6) is 0 Å². The number of rotatable bonds is 4. The number of hydrogen-bond acceptors (Lipinski definition) is 3. The number of likely N-dealkylation sites (N-methyl/N-ethyl adjacent to an activating group) is 1. The third-order valence-electron chi connectivity index (χ3n) is 1.62. The lowest BCUT2D eigenvalue weighted by atomic mass is 10.1. The first kappa shape index (κ1) is 8.71. The van der Waals surface area contributed by atoms with Gasteiger partial charge in [0.25, 0.3) is 0 Å². The van der Waals surface area contributed by atoms with Gasteiger partial charge in [-0.15, -0.1) is 11.3 Å². The largest absolute Gasteiger partial charge is 0.396 e. The molecule has 2 N–H and O–H groups in total. The fourth-order valence-electron chi connectivity index (χ4n) is 1.03. The molecule has 1 unspecified atom stereocenters. The van der Waals surface area contributed by atoms with Crippen LogP contribution in [0.15, 0.2) is 17.5 Å². The van der Waals surface area contributed by atoms with Crippen LogP contribution in [0.25, 0.3) is 0 Å². The fraction of sp³-hybridized carbons (Fsp3) is 0.500. The molecule has 0 saturated carbocycles. The second-order valence-corrected chi connectivity index (χ2v) is 3.43. The maximum Gasteiger partial charge on any atom is 0.0519 e. The summed E-state index contributed by atoms with van der Waals surface area (Å²) in [6.07, 6.45) is 0. The zero-order valence-electron chi connectivity index (χ0n) is 6.58. The van der Waals surface area contributed by atoms with Crippen LogP contribution in [-0.2, 0) is 0 Å². The molecule has 0 aliphatic rings. The topological polar surface area (TPSA) is 32.3 Å². The van der Waals surface area contributed by atoms with Gasteiger partial charge < -0.3 is 10.4 Å². The van der Waals surface area contributed by atoms with Gasteiger partial charge in [0.1, 0.15) is 0 Å². The fourth-order valence-corrected chi connectivity index (χ4v) is 1.85. The molecule has 0 aliphatic carbocycles. The van der Waals surface area contributed by atoms with Gasteiger partial charge in [-0.1, -0.05) is 6.07 Å². The molecule has 0 bridgehead atoms. The number of aliphatic hydroxyl groups is 1. The first-order valence-electron chi connectivity index (χ1n) is 3.67. The Hall–Kier alpha value is -0.380.